The van der Waals surface area contributed by atoms with E-state index in [1.807, 2.05) is 12.1 Å². The van der Waals surface area contributed by atoms with Crippen molar-refractivity contribution in [1.82, 2.24) is 15.5 Å². The second kappa shape index (κ2) is 6.11. The van der Waals surface area contributed by atoms with Crippen LogP contribution in [0.1, 0.15) is 23.7 Å². The first-order valence-electron chi connectivity index (χ1n) is 5.93. The molecule has 0 bridgehead atoms. The molecule has 3 nitrogen and oxygen atoms in total. The molecule has 1 N–H and O–H groups in total. The minimum Gasteiger partial charge on any atom is -0.307 e. The van der Waals surface area contributed by atoms with Gasteiger partial charge in [0.25, 0.3) is 0 Å². The fourth-order valence-electron chi connectivity index (χ4n) is 1.66. The first-order valence-corrected chi connectivity index (χ1v) is 5.93. The lowest BCUT2D eigenvalue weighted by molar-refractivity contribution is 0.670. The monoisotopic (exact) mass is 227 g/mol. The standard InChI is InChI=1S/C14H17N3/c1-2-12-5-7-13(8-6-12)10-15-11-14-4-3-9-16-17-14/h3-9,15H,2,10-11H2,1H3. The molecule has 0 unspecified atom stereocenters. The Morgan fingerprint density at radius 2 is 1.76 bits per heavy atom. The van der Waals surface area contributed by atoms with Crippen LogP contribution >= 0.6 is 0 Å². The van der Waals surface area contributed by atoms with Crippen LogP contribution in [0.25, 0.3) is 0 Å². The molecule has 0 atom stereocenters. The van der Waals surface area contributed by atoms with Gasteiger partial charge in [-0.15, -0.1) is 0 Å². The Hall–Kier alpha value is -1.74. The van der Waals surface area contributed by atoms with Crippen LogP contribution in [0, 0.1) is 0 Å². The molecule has 0 saturated heterocycles. The van der Waals surface area contributed by atoms with Crippen molar-refractivity contribution in [3.8, 4) is 0 Å². The summed E-state index contributed by atoms with van der Waals surface area (Å²) in [6, 6.07) is 12.6. The van der Waals surface area contributed by atoms with Gasteiger partial charge < -0.3 is 5.32 Å². The van der Waals surface area contributed by atoms with E-state index in [1.54, 1.807) is 6.20 Å². The van der Waals surface area contributed by atoms with Crippen molar-refractivity contribution in [2.24, 2.45) is 0 Å². The van der Waals surface area contributed by atoms with Crippen molar-refractivity contribution in [1.29, 1.82) is 0 Å². The summed E-state index contributed by atoms with van der Waals surface area (Å²) < 4.78 is 0. The molecule has 0 amide bonds. The SMILES string of the molecule is CCc1ccc(CNCc2cccnn2)cc1. The summed E-state index contributed by atoms with van der Waals surface area (Å²) in [5, 5.41) is 11.2. The van der Waals surface area contributed by atoms with E-state index in [4.69, 9.17) is 0 Å². The maximum atomic E-state index is 4.02. The molecule has 1 aromatic heterocycles. The molecule has 0 fully saturated rings. The summed E-state index contributed by atoms with van der Waals surface area (Å²) in [5.74, 6) is 0. The fourth-order valence-corrected chi connectivity index (χ4v) is 1.66. The van der Waals surface area contributed by atoms with Crippen LogP contribution in [0.4, 0.5) is 0 Å². The highest BCUT2D eigenvalue weighted by Crippen LogP contribution is 2.04. The van der Waals surface area contributed by atoms with Crippen LogP contribution in [0.15, 0.2) is 42.6 Å². The third-order valence-corrected chi connectivity index (χ3v) is 2.69. The van der Waals surface area contributed by atoms with Gasteiger partial charge in [0.15, 0.2) is 0 Å². The number of aromatic nitrogens is 2. The van der Waals surface area contributed by atoms with Crippen molar-refractivity contribution in [2.75, 3.05) is 0 Å². The molecule has 0 aliphatic rings. The number of hydrogen-bond acceptors (Lipinski definition) is 3. The van der Waals surface area contributed by atoms with Crippen molar-refractivity contribution >= 4 is 0 Å². The number of hydrogen-bond donors (Lipinski definition) is 1. The number of benzene rings is 1. The maximum Gasteiger partial charge on any atom is 0.0769 e. The average molecular weight is 227 g/mol. The topological polar surface area (TPSA) is 37.8 Å². The van der Waals surface area contributed by atoms with E-state index < -0.39 is 0 Å². The van der Waals surface area contributed by atoms with E-state index in [1.165, 1.54) is 11.1 Å². The molecular weight excluding hydrogens is 210 g/mol. The van der Waals surface area contributed by atoms with Crippen LogP contribution in [0.3, 0.4) is 0 Å². The summed E-state index contributed by atoms with van der Waals surface area (Å²) in [6.07, 6.45) is 2.78. The van der Waals surface area contributed by atoms with Gasteiger partial charge in [-0.2, -0.15) is 10.2 Å². The van der Waals surface area contributed by atoms with Gasteiger partial charge in [0.2, 0.25) is 0 Å². The molecule has 0 aliphatic heterocycles. The minimum absolute atomic E-state index is 0.753. The van der Waals surface area contributed by atoms with Crippen LogP contribution in [-0.2, 0) is 19.5 Å². The van der Waals surface area contributed by atoms with Crippen molar-refractivity contribution in [3.63, 3.8) is 0 Å². The zero-order valence-electron chi connectivity index (χ0n) is 10.1. The summed E-state index contributed by atoms with van der Waals surface area (Å²) in [6.45, 7) is 3.78. The second-order valence-electron chi connectivity index (χ2n) is 3.99. The zero-order chi connectivity index (χ0) is 11.9. The highest BCUT2D eigenvalue weighted by atomic mass is 15.1. The van der Waals surface area contributed by atoms with Crippen molar-refractivity contribution in [2.45, 2.75) is 26.4 Å². The molecule has 0 saturated carbocycles. The van der Waals surface area contributed by atoms with Gasteiger partial charge in [0.1, 0.15) is 0 Å². The fraction of sp³-hybridized carbons (Fsp3) is 0.286. The second-order valence-corrected chi connectivity index (χ2v) is 3.99. The largest absolute Gasteiger partial charge is 0.307 e. The Balaban J connectivity index is 1.82. The lowest BCUT2D eigenvalue weighted by Crippen LogP contribution is -2.13. The van der Waals surface area contributed by atoms with Crippen LogP contribution in [-0.4, -0.2) is 10.2 Å². The van der Waals surface area contributed by atoms with Crippen LogP contribution in [0.5, 0.6) is 0 Å². The number of rotatable bonds is 5. The summed E-state index contributed by atoms with van der Waals surface area (Å²) in [4.78, 5) is 0. The molecule has 2 rings (SSSR count). The smallest absolute Gasteiger partial charge is 0.0769 e. The molecule has 0 radical (unpaired) electrons. The van der Waals surface area contributed by atoms with E-state index in [-0.39, 0.29) is 0 Å². The van der Waals surface area contributed by atoms with Crippen LogP contribution < -0.4 is 5.32 Å². The average Bonchev–Trinajstić information content (AvgIpc) is 2.41. The lowest BCUT2D eigenvalue weighted by atomic mass is 10.1. The van der Waals surface area contributed by atoms with E-state index in [2.05, 4.69) is 46.7 Å². The van der Waals surface area contributed by atoms with Gasteiger partial charge in [0, 0.05) is 19.3 Å². The highest BCUT2D eigenvalue weighted by Gasteiger charge is 1.95. The predicted octanol–water partition coefficient (Wildman–Crippen LogP) is 2.33. The van der Waals surface area contributed by atoms with E-state index in [0.717, 1.165) is 25.2 Å². The third kappa shape index (κ3) is 3.64. The first kappa shape index (κ1) is 11.7. The Kier molecular flexibility index (Phi) is 4.22. The van der Waals surface area contributed by atoms with Gasteiger partial charge in [-0.05, 0) is 29.7 Å². The van der Waals surface area contributed by atoms with E-state index >= 15 is 0 Å². The quantitative estimate of drug-likeness (QED) is 0.852. The molecule has 0 spiro atoms. The normalized spacial score (nSPS) is 10.4. The van der Waals surface area contributed by atoms with Gasteiger partial charge in [-0.1, -0.05) is 31.2 Å². The van der Waals surface area contributed by atoms with Gasteiger partial charge in [0.05, 0.1) is 5.69 Å². The molecule has 2 aromatic rings. The minimum atomic E-state index is 0.753. The Morgan fingerprint density at radius 3 is 2.41 bits per heavy atom. The Labute approximate surface area is 102 Å². The molecule has 1 heterocycles. The predicted molar refractivity (Wildman–Crippen MR) is 68.4 cm³/mol. The van der Waals surface area contributed by atoms with E-state index in [0.29, 0.717) is 0 Å². The molecule has 1 aromatic carbocycles. The Morgan fingerprint density at radius 1 is 1.00 bits per heavy atom. The third-order valence-electron chi connectivity index (χ3n) is 2.69. The number of nitrogens with zero attached hydrogens (tertiary/aromatic N) is 2. The van der Waals surface area contributed by atoms with E-state index in [9.17, 15) is 0 Å². The molecule has 17 heavy (non-hydrogen) atoms. The summed E-state index contributed by atoms with van der Waals surface area (Å²) >= 11 is 0. The van der Waals surface area contributed by atoms with Crippen molar-refractivity contribution < 1.29 is 0 Å². The summed E-state index contributed by atoms with van der Waals surface area (Å²) in [7, 11) is 0. The van der Waals surface area contributed by atoms with Gasteiger partial charge >= 0.3 is 0 Å². The van der Waals surface area contributed by atoms with Gasteiger partial charge in [-0.3, -0.25) is 0 Å². The summed E-state index contributed by atoms with van der Waals surface area (Å²) in [5.41, 5.74) is 3.64. The molecule has 3 heteroatoms. The van der Waals surface area contributed by atoms with Gasteiger partial charge in [-0.25, -0.2) is 0 Å². The molecule has 88 valence electrons. The number of nitrogens with one attached hydrogen (secondary N) is 1. The zero-order valence-corrected chi connectivity index (χ0v) is 10.1. The lowest BCUT2D eigenvalue weighted by Gasteiger charge is -2.04. The van der Waals surface area contributed by atoms with Crippen molar-refractivity contribution in [3.05, 3.63) is 59.4 Å². The molecule has 0 aliphatic carbocycles. The first-order chi connectivity index (χ1) is 8.38. The Bertz CT molecular complexity index is 437. The maximum absolute atomic E-state index is 4.02. The molecular formula is C14H17N3. The van der Waals surface area contributed by atoms with Crippen LogP contribution in [0.2, 0.25) is 0 Å². The highest BCUT2D eigenvalue weighted by molar-refractivity contribution is 5.22. The number of aryl methyl sites for hydroxylation is 1.